The SMILES string of the molecule is CC(=O)/C(NCC(F)(F)F)=C(\C)NC1=CN(C)C(C)C(C)=C1.CCCN(CCC(C)N(CCC)CC(C)C)C/C(C)=C/c1ccccc1C. The highest BCUT2D eigenvalue weighted by atomic mass is 19.4. The highest BCUT2D eigenvalue weighted by Gasteiger charge is 2.28. The van der Waals surface area contributed by atoms with Crippen LogP contribution < -0.4 is 10.6 Å². The van der Waals surface area contributed by atoms with Gasteiger partial charge in [0.05, 0.1) is 11.4 Å². The molecule has 2 N–H and O–H groups in total. The van der Waals surface area contributed by atoms with Crippen LogP contribution in [0.3, 0.4) is 0 Å². The van der Waals surface area contributed by atoms with Gasteiger partial charge in [-0.05, 0) is 109 Å². The van der Waals surface area contributed by atoms with Gasteiger partial charge in [-0.15, -0.1) is 0 Å². The summed E-state index contributed by atoms with van der Waals surface area (Å²) >= 11 is 0. The van der Waals surface area contributed by atoms with Crippen molar-refractivity contribution in [3.8, 4) is 0 Å². The van der Waals surface area contributed by atoms with Gasteiger partial charge in [-0.1, -0.05) is 63.6 Å². The van der Waals surface area contributed by atoms with E-state index in [1.54, 1.807) is 6.92 Å². The molecule has 2 atom stereocenters. The Hall–Kier alpha value is -3.04. The first kappa shape index (κ1) is 44.0. The standard InChI is InChI=1S/C25H44N2.C15H22F3N3O/c1-8-15-26(17-14-24(7)27(16-9-2)19-21(3)4)20-22(5)18-25-13-11-10-12-23(25)6;1-9-6-13(7-21(5)11(9)3)20-10(2)14(12(4)22)19-8-15(16,17)18/h10-13,18,21,24H,8-9,14-17,19-20H2,1-7H3;6-7,11,19-20H,8H2,1-5H3/b22-18+;14-10-. The van der Waals surface area contributed by atoms with Crippen LogP contribution in [0.25, 0.3) is 6.08 Å². The second-order valence-electron chi connectivity index (χ2n) is 14.1. The van der Waals surface area contributed by atoms with Crippen LogP contribution in [0, 0.1) is 12.8 Å². The summed E-state index contributed by atoms with van der Waals surface area (Å²) in [6.45, 7) is 27.6. The van der Waals surface area contributed by atoms with Crippen LogP contribution in [-0.4, -0.2) is 85.1 Å². The summed E-state index contributed by atoms with van der Waals surface area (Å²) < 4.78 is 36.9. The Morgan fingerprint density at radius 3 is 2.18 bits per heavy atom. The van der Waals surface area contributed by atoms with Crippen molar-refractivity contribution in [2.24, 2.45) is 5.92 Å². The maximum atomic E-state index is 12.3. The minimum atomic E-state index is -4.38. The molecule has 1 aliphatic heterocycles. The molecule has 9 heteroatoms. The summed E-state index contributed by atoms with van der Waals surface area (Å²) in [5.41, 5.74) is 6.30. The third-order valence-corrected chi connectivity index (χ3v) is 8.72. The fourth-order valence-electron chi connectivity index (χ4n) is 5.91. The first-order chi connectivity index (χ1) is 22.9. The molecule has 0 amide bonds. The molecule has 2 rings (SSSR count). The van der Waals surface area contributed by atoms with E-state index in [1.165, 1.54) is 69.1 Å². The van der Waals surface area contributed by atoms with Crippen molar-refractivity contribution in [2.45, 2.75) is 114 Å². The summed E-state index contributed by atoms with van der Waals surface area (Å²) in [6.07, 6.45) is 5.47. The van der Waals surface area contributed by atoms with Crippen molar-refractivity contribution in [2.75, 3.05) is 46.3 Å². The molecule has 1 aromatic rings. The maximum absolute atomic E-state index is 12.3. The minimum Gasteiger partial charge on any atom is -0.372 e. The van der Waals surface area contributed by atoms with E-state index in [0.717, 1.165) is 23.7 Å². The Kier molecular flexibility index (Phi) is 19.7. The second-order valence-corrected chi connectivity index (χ2v) is 14.1. The predicted molar refractivity (Wildman–Crippen MR) is 202 cm³/mol. The number of rotatable bonds is 18. The lowest BCUT2D eigenvalue weighted by molar-refractivity contribution is -0.124. The van der Waals surface area contributed by atoms with E-state index < -0.39 is 18.5 Å². The molecule has 0 bridgehead atoms. The van der Waals surface area contributed by atoms with E-state index in [-0.39, 0.29) is 11.7 Å². The molecule has 0 aliphatic carbocycles. The van der Waals surface area contributed by atoms with E-state index in [9.17, 15) is 18.0 Å². The molecular weight excluding hydrogens is 623 g/mol. The Labute approximate surface area is 296 Å². The molecule has 1 aromatic carbocycles. The van der Waals surface area contributed by atoms with Crippen LogP contribution in [0.2, 0.25) is 0 Å². The van der Waals surface area contributed by atoms with Gasteiger partial charge in [0.25, 0.3) is 0 Å². The van der Waals surface area contributed by atoms with E-state index in [1.807, 2.05) is 38.1 Å². The van der Waals surface area contributed by atoms with Gasteiger partial charge in [-0.25, -0.2) is 0 Å². The Bertz CT molecular complexity index is 1280. The average Bonchev–Trinajstić information content (AvgIpc) is 2.99. The fourth-order valence-corrected chi connectivity index (χ4v) is 5.91. The molecule has 278 valence electrons. The molecule has 0 aromatic heterocycles. The van der Waals surface area contributed by atoms with E-state index in [2.05, 4.69) is 99.2 Å². The lowest BCUT2D eigenvalue weighted by atomic mass is 10.1. The molecule has 2 unspecified atom stereocenters. The average molecular weight is 690 g/mol. The normalized spacial score (nSPS) is 16.6. The van der Waals surface area contributed by atoms with Crippen molar-refractivity contribution < 1.29 is 18.0 Å². The summed E-state index contributed by atoms with van der Waals surface area (Å²) in [4.78, 5) is 18.9. The van der Waals surface area contributed by atoms with Crippen LogP contribution >= 0.6 is 0 Å². The van der Waals surface area contributed by atoms with E-state index in [4.69, 9.17) is 0 Å². The number of likely N-dealkylation sites (N-methyl/N-ethyl adjacent to an activating group) is 1. The molecule has 6 nitrogen and oxygen atoms in total. The second kappa shape index (κ2) is 21.9. The van der Waals surface area contributed by atoms with Crippen LogP contribution in [-0.2, 0) is 4.79 Å². The molecule has 0 saturated heterocycles. The van der Waals surface area contributed by atoms with Crippen molar-refractivity contribution in [3.05, 3.63) is 75.9 Å². The number of Topliss-reactive ketones (excluding diaryl/α,β-unsaturated/α-hetero) is 1. The van der Waals surface area contributed by atoms with Crippen molar-refractivity contribution in [1.82, 2.24) is 25.3 Å². The Morgan fingerprint density at radius 2 is 1.65 bits per heavy atom. The summed E-state index contributed by atoms with van der Waals surface area (Å²) in [7, 11) is 1.91. The number of carbonyl (C=O) groups excluding carboxylic acids is 1. The predicted octanol–water partition coefficient (Wildman–Crippen LogP) is 8.93. The third kappa shape index (κ3) is 17.4. The first-order valence-electron chi connectivity index (χ1n) is 18.0. The van der Waals surface area contributed by atoms with Gasteiger partial charge >= 0.3 is 6.18 Å². The maximum Gasteiger partial charge on any atom is 0.405 e. The van der Waals surface area contributed by atoms with Crippen LogP contribution in [0.4, 0.5) is 13.2 Å². The molecule has 0 saturated carbocycles. The van der Waals surface area contributed by atoms with Gasteiger partial charge in [0.2, 0.25) is 0 Å². The summed E-state index contributed by atoms with van der Waals surface area (Å²) in [5.74, 6) is 0.290. The number of aryl methyl sites for hydroxylation is 1. The Balaban J connectivity index is 0.000000500. The molecule has 0 radical (unpaired) electrons. The third-order valence-electron chi connectivity index (χ3n) is 8.72. The number of nitrogens with one attached hydrogen (secondary N) is 2. The number of hydrogen-bond acceptors (Lipinski definition) is 6. The van der Waals surface area contributed by atoms with Crippen LogP contribution in [0.15, 0.2) is 64.8 Å². The number of ketones is 1. The van der Waals surface area contributed by atoms with Gasteiger partial charge in [-0.3, -0.25) is 9.69 Å². The van der Waals surface area contributed by atoms with Gasteiger partial charge in [0, 0.05) is 51.0 Å². The molecule has 1 heterocycles. The number of nitrogens with zero attached hydrogens (tertiary/aromatic N) is 3. The van der Waals surface area contributed by atoms with Crippen LogP contribution in [0.5, 0.6) is 0 Å². The topological polar surface area (TPSA) is 50.9 Å². The highest BCUT2D eigenvalue weighted by Crippen LogP contribution is 2.19. The van der Waals surface area contributed by atoms with Crippen molar-refractivity contribution >= 4 is 11.9 Å². The zero-order valence-corrected chi connectivity index (χ0v) is 32.5. The molecule has 49 heavy (non-hydrogen) atoms. The Morgan fingerprint density at radius 1 is 1.02 bits per heavy atom. The van der Waals surface area contributed by atoms with Crippen molar-refractivity contribution in [3.63, 3.8) is 0 Å². The van der Waals surface area contributed by atoms with Crippen LogP contribution in [0.1, 0.15) is 99.6 Å². The first-order valence-corrected chi connectivity index (χ1v) is 18.0. The fraction of sp³-hybridized carbons (Fsp3) is 0.625. The number of hydrogen-bond donors (Lipinski definition) is 2. The summed E-state index contributed by atoms with van der Waals surface area (Å²) in [5, 5.41) is 5.15. The minimum absolute atomic E-state index is 0.0643. The lowest BCUT2D eigenvalue weighted by Crippen LogP contribution is -2.39. The zero-order valence-electron chi connectivity index (χ0n) is 32.5. The quantitative estimate of drug-likeness (QED) is 0.150. The molecule has 0 fully saturated rings. The van der Waals surface area contributed by atoms with Gasteiger partial charge in [-0.2, -0.15) is 13.2 Å². The largest absolute Gasteiger partial charge is 0.405 e. The lowest BCUT2D eigenvalue weighted by Gasteiger charge is -2.32. The van der Waals surface area contributed by atoms with Gasteiger partial charge < -0.3 is 20.4 Å². The van der Waals surface area contributed by atoms with E-state index >= 15 is 0 Å². The number of halogens is 3. The summed E-state index contributed by atoms with van der Waals surface area (Å²) in [6, 6.07) is 9.58. The molecular formula is C40H66F3N5O. The van der Waals surface area contributed by atoms with Gasteiger partial charge in [0.15, 0.2) is 5.78 Å². The molecule has 1 aliphatic rings. The van der Waals surface area contributed by atoms with Crippen molar-refractivity contribution in [1.29, 1.82) is 0 Å². The van der Waals surface area contributed by atoms with E-state index in [0.29, 0.717) is 11.7 Å². The number of benzene rings is 1. The highest BCUT2D eigenvalue weighted by molar-refractivity contribution is 5.93. The smallest absolute Gasteiger partial charge is 0.372 e. The zero-order chi connectivity index (χ0) is 37.3. The number of carbonyl (C=O) groups is 1. The molecule has 0 spiro atoms. The number of alkyl halides is 3. The van der Waals surface area contributed by atoms with Gasteiger partial charge in [0.1, 0.15) is 6.54 Å². The number of allylic oxidation sites excluding steroid dienone is 3. The monoisotopic (exact) mass is 690 g/mol.